The van der Waals surface area contributed by atoms with Crippen LogP contribution in [0.4, 0.5) is 10.5 Å². The molecule has 0 aromatic heterocycles. The van der Waals surface area contributed by atoms with Gasteiger partial charge in [-0.25, -0.2) is 9.59 Å². The van der Waals surface area contributed by atoms with Crippen LogP contribution in [0.2, 0.25) is 0 Å². The summed E-state index contributed by atoms with van der Waals surface area (Å²) < 4.78 is 4.70. The van der Waals surface area contributed by atoms with Crippen molar-refractivity contribution in [1.29, 1.82) is 0 Å². The molecule has 0 saturated carbocycles. The highest BCUT2D eigenvalue weighted by Crippen LogP contribution is 2.21. The van der Waals surface area contributed by atoms with Gasteiger partial charge in [-0.05, 0) is 13.0 Å². The van der Waals surface area contributed by atoms with Crippen molar-refractivity contribution in [1.82, 2.24) is 10.6 Å². The molecule has 2 N–H and O–H groups in total. The quantitative estimate of drug-likeness (QED) is 0.473. The predicted octanol–water partition coefficient (Wildman–Crippen LogP) is 0.516. The van der Waals surface area contributed by atoms with E-state index in [0.717, 1.165) is 0 Å². The van der Waals surface area contributed by atoms with Gasteiger partial charge in [-0.1, -0.05) is 6.07 Å². The maximum absolute atomic E-state index is 11.8. The van der Waals surface area contributed by atoms with E-state index in [1.807, 2.05) is 5.32 Å². The van der Waals surface area contributed by atoms with Crippen molar-refractivity contribution in [3.63, 3.8) is 0 Å². The van der Waals surface area contributed by atoms with Gasteiger partial charge in [0.2, 0.25) is 0 Å². The summed E-state index contributed by atoms with van der Waals surface area (Å²) in [7, 11) is 1.32. The van der Waals surface area contributed by atoms with E-state index in [2.05, 4.69) is 5.32 Å². The number of urea groups is 1. The van der Waals surface area contributed by atoms with Crippen LogP contribution in [-0.2, 0) is 9.53 Å². The third-order valence-corrected chi connectivity index (χ3v) is 2.54. The number of hydrogen-bond donors (Lipinski definition) is 2. The van der Waals surface area contributed by atoms with Crippen molar-refractivity contribution in [3.8, 4) is 0 Å². The first kappa shape index (κ1) is 16.1. The van der Waals surface area contributed by atoms with E-state index in [9.17, 15) is 24.5 Å². The highest BCUT2D eigenvalue weighted by molar-refractivity contribution is 5.97. The Morgan fingerprint density at radius 2 is 2.00 bits per heavy atom. The fourth-order valence-corrected chi connectivity index (χ4v) is 1.48. The number of rotatable bonds is 4. The molecule has 9 heteroatoms. The van der Waals surface area contributed by atoms with Crippen LogP contribution in [0, 0.1) is 17.0 Å². The molecule has 9 nitrogen and oxygen atoms in total. The van der Waals surface area contributed by atoms with Crippen LogP contribution < -0.4 is 10.6 Å². The largest absolute Gasteiger partial charge is 0.452 e. The van der Waals surface area contributed by atoms with E-state index in [1.54, 1.807) is 0 Å². The van der Waals surface area contributed by atoms with Crippen LogP contribution >= 0.6 is 0 Å². The Bertz CT molecular complexity index is 599. The number of benzene rings is 1. The third kappa shape index (κ3) is 4.27. The lowest BCUT2D eigenvalue weighted by atomic mass is 10.1. The van der Waals surface area contributed by atoms with E-state index >= 15 is 0 Å². The van der Waals surface area contributed by atoms with Crippen molar-refractivity contribution in [2.45, 2.75) is 6.92 Å². The first-order chi connectivity index (χ1) is 9.86. The Labute approximate surface area is 119 Å². The molecule has 1 aromatic rings. The standard InChI is InChI=1S/C12H13N3O6/c1-7-8(4-3-5-9(7)15(19)20)11(17)21-6-10(16)14-12(18)13-2/h3-5H,6H2,1-2H3,(H2,13,14,16,18). The molecule has 0 unspecified atom stereocenters. The van der Waals surface area contributed by atoms with Crippen LogP contribution in [0.5, 0.6) is 0 Å². The second kappa shape index (κ2) is 6.98. The Hall–Kier alpha value is -2.97. The molecule has 0 atom stereocenters. The number of nitro benzene ring substituents is 1. The molecule has 0 fully saturated rings. The van der Waals surface area contributed by atoms with Gasteiger partial charge < -0.3 is 10.1 Å². The van der Waals surface area contributed by atoms with Crippen LogP contribution in [0.15, 0.2) is 18.2 Å². The molecule has 0 heterocycles. The molecular formula is C12H13N3O6. The van der Waals surface area contributed by atoms with Crippen molar-refractivity contribution in [2.24, 2.45) is 0 Å². The number of imide groups is 1. The second-order valence-corrected chi connectivity index (χ2v) is 3.91. The van der Waals surface area contributed by atoms with E-state index in [-0.39, 0.29) is 16.8 Å². The summed E-state index contributed by atoms with van der Waals surface area (Å²) in [5.41, 5.74) is -0.101. The zero-order chi connectivity index (χ0) is 16.0. The number of carbonyl (C=O) groups excluding carboxylic acids is 3. The SMILES string of the molecule is CNC(=O)NC(=O)COC(=O)c1cccc([N+](=O)[O-])c1C. The fraction of sp³-hybridized carbons (Fsp3) is 0.250. The minimum Gasteiger partial charge on any atom is -0.452 e. The summed E-state index contributed by atoms with van der Waals surface area (Å²) in [5.74, 6) is -1.70. The number of nitrogens with zero attached hydrogens (tertiary/aromatic N) is 1. The van der Waals surface area contributed by atoms with E-state index in [1.165, 1.54) is 32.2 Å². The smallest absolute Gasteiger partial charge is 0.339 e. The minimum atomic E-state index is -0.886. The molecule has 112 valence electrons. The Kier molecular flexibility index (Phi) is 5.35. The highest BCUT2D eigenvalue weighted by Gasteiger charge is 2.19. The van der Waals surface area contributed by atoms with E-state index < -0.39 is 29.4 Å². The number of hydrogen-bond acceptors (Lipinski definition) is 6. The van der Waals surface area contributed by atoms with Gasteiger partial charge in [0, 0.05) is 18.7 Å². The lowest BCUT2D eigenvalue weighted by molar-refractivity contribution is -0.385. The van der Waals surface area contributed by atoms with E-state index in [4.69, 9.17) is 4.74 Å². The fourth-order valence-electron chi connectivity index (χ4n) is 1.48. The zero-order valence-corrected chi connectivity index (χ0v) is 11.3. The van der Waals surface area contributed by atoms with Gasteiger partial charge >= 0.3 is 12.0 Å². The Morgan fingerprint density at radius 3 is 2.57 bits per heavy atom. The van der Waals surface area contributed by atoms with Gasteiger partial charge in [0.05, 0.1) is 10.5 Å². The van der Waals surface area contributed by atoms with Gasteiger partial charge in [0.15, 0.2) is 6.61 Å². The molecule has 0 spiro atoms. The van der Waals surface area contributed by atoms with Crippen LogP contribution in [0.1, 0.15) is 15.9 Å². The Balaban J connectivity index is 2.73. The summed E-state index contributed by atoms with van der Waals surface area (Å²) in [6.45, 7) is 0.730. The lowest BCUT2D eigenvalue weighted by Crippen LogP contribution is -2.39. The second-order valence-electron chi connectivity index (χ2n) is 3.91. The maximum Gasteiger partial charge on any atom is 0.339 e. The molecule has 0 radical (unpaired) electrons. The van der Waals surface area contributed by atoms with Gasteiger partial charge in [0.25, 0.3) is 11.6 Å². The number of nitro groups is 1. The average molecular weight is 295 g/mol. The summed E-state index contributed by atoms with van der Waals surface area (Å²) in [5, 5.41) is 14.8. The molecule has 0 aliphatic rings. The molecule has 0 saturated heterocycles. The normalized spacial score (nSPS) is 9.62. The van der Waals surface area contributed by atoms with Gasteiger partial charge in [-0.3, -0.25) is 20.2 Å². The van der Waals surface area contributed by atoms with Gasteiger partial charge in [-0.2, -0.15) is 0 Å². The zero-order valence-electron chi connectivity index (χ0n) is 11.3. The number of esters is 1. The lowest BCUT2D eigenvalue weighted by Gasteiger charge is -2.07. The minimum absolute atomic E-state index is 0.0167. The predicted molar refractivity (Wildman–Crippen MR) is 70.7 cm³/mol. The Morgan fingerprint density at radius 1 is 1.33 bits per heavy atom. The molecule has 0 aliphatic heterocycles. The van der Waals surface area contributed by atoms with Crippen molar-refractivity contribution >= 4 is 23.6 Å². The van der Waals surface area contributed by atoms with Gasteiger partial charge in [0.1, 0.15) is 0 Å². The average Bonchev–Trinajstić information content (AvgIpc) is 2.44. The first-order valence-corrected chi connectivity index (χ1v) is 5.79. The molecule has 0 bridgehead atoms. The molecule has 1 rings (SSSR count). The summed E-state index contributed by atoms with van der Waals surface area (Å²) in [6.07, 6.45) is 0. The molecule has 0 aliphatic carbocycles. The molecular weight excluding hydrogens is 282 g/mol. The summed E-state index contributed by atoms with van der Waals surface area (Å²) in [6, 6.07) is 3.21. The molecule has 3 amide bonds. The maximum atomic E-state index is 11.8. The number of ether oxygens (including phenoxy) is 1. The monoisotopic (exact) mass is 295 g/mol. The van der Waals surface area contributed by atoms with Crippen LogP contribution in [0.3, 0.4) is 0 Å². The van der Waals surface area contributed by atoms with E-state index in [0.29, 0.717) is 0 Å². The topological polar surface area (TPSA) is 128 Å². The summed E-state index contributed by atoms with van der Waals surface area (Å²) >= 11 is 0. The van der Waals surface area contributed by atoms with Crippen molar-refractivity contribution in [2.75, 3.05) is 13.7 Å². The van der Waals surface area contributed by atoms with Crippen LogP contribution in [-0.4, -0.2) is 36.5 Å². The first-order valence-electron chi connectivity index (χ1n) is 5.79. The summed E-state index contributed by atoms with van der Waals surface area (Å²) in [4.78, 5) is 44.0. The number of amides is 3. The number of carbonyl (C=O) groups is 3. The molecule has 21 heavy (non-hydrogen) atoms. The van der Waals surface area contributed by atoms with Crippen LogP contribution in [0.25, 0.3) is 0 Å². The number of nitrogens with one attached hydrogen (secondary N) is 2. The third-order valence-electron chi connectivity index (χ3n) is 2.54. The highest BCUT2D eigenvalue weighted by atomic mass is 16.6. The van der Waals surface area contributed by atoms with Crippen molar-refractivity contribution < 1.29 is 24.0 Å². The van der Waals surface area contributed by atoms with Gasteiger partial charge in [-0.15, -0.1) is 0 Å². The van der Waals surface area contributed by atoms with Crippen molar-refractivity contribution in [3.05, 3.63) is 39.4 Å². The molecule has 1 aromatic carbocycles.